The Morgan fingerprint density at radius 2 is 2.00 bits per heavy atom. The Kier molecular flexibility index (Phi) is 3.53. The lowest BCUT2D eigenvalue weighted by molar-refractivity contribution is -0.149. The van der Waals surface area contributed by atoms with E-state index in [1.807, 2.05) is 32.1 Å². The summed E-state index contributed by atoms with van der Waals surface area (Å²) in [5.41, 5.74) is 6.78. The minimum Gasteiger partial charge on any atom is -0.464 e. The van der Waals surface area contributed by atoms with E-state index >= 15 is 0 Å². The highest BCUT2D eigenvalue weighted by Gasteiger charge is 2.31. The zero-order valence-electron chi connectivity index (χ0n) is 9.41. The Bertz CT molecular complexity index is 346. The van der Waals surface area contributed by atoms with Crippen molar-refractivity contribution in [3.63, 3.8) is 0 Å². The molecule has 0 spiro atoms. The highest BCUT2D eigenvalue weighted by Crippen LogP contribution is 2.18. The third kappa shape index (κ3) is 2.60. The maximum absolute atomic E-state index is 11.6. The van der Waals surface area contributed by atoms with E-state index < -0.39 is 11.5 Å². The van der Waals surface area contributed by atoms with Crippen LogP contribution in [0.5, 0.6) is 0 Å². The third-order valence-corrected chi connectivity index (χ3v) is 2.35. The average Bonchev–Trinajstić information content (AvgIpc) is 2.18. The fourth-order valence-electron chi connectivity index (χ4n) is 1.30. The third-order valence-electron chi connectivity index (χ3n) is 2.35. The number of hydrogen-bond acceptors (Lipinski definition) is 3. The van der Waals surface area contributed by atoms with Crippen LogP contribution >= 0.6 is 0 Å². The van der Waals surface area contributed by atoms with Crippen molar-refractivity contribution in [1.82, 2.24) is 0 Å². The largest absolute Gasteiger partial charge is 0.464 e. The van der Waals surface area contributed by atoms with Gasteiger partial charge in [0.15, 0.2) is 0 Å². The van der Waals surface area contributed by atoms with Crippen LogP contribution in [0.25, 0.3) is 0 Å². The topological polar surface area (TPSA) is 52.3 Å². The minimum atomic E-state index is -1.07. The van der Waals surface area contributed by atoms with Crippen LogP contribution in [-0.2, 0) is 15.1 Å². The molecular weight excluding hydrogens is 189 g/mol. The highest BCUT2D eigenvalue weighted by atomic mass is 16.5. The number of rotatable bonds is 3. The first kappa shape index (κ1) is 11.8. The van der Waals surface area contributed by atoms with Crippen molar-refractivity contribution < 1.29 is 9.53 Å². The van der Waals surface area contributed by atoms with Crippen LogP contribution in [0.15, 0.2) is 24.3 Å². The quantitative estimate of drug-likeness (QED) is 0.543. The van der Waals surface area contributed by atoms with Crippen LogP contribution in [0.2, 0.25) is 0 Å². The Hall–Kier alpha value is -1.29. The van der Waals surface area contributed by atoms with Crippen molar-refractivity contribution in [3.8, 4) is 0 Å². The molecule has 15 heavy (non-hydrogen) atoms. The van der Waals surface area contributed by atoms with E-state index in [9.17, 15) is 4.79 Å². The lowest BCUT2D eigenvalue weighted by Gasteiger charge is -2.22. The van der Waals surface area contributed by atoms with Crippen molar-refractivity contribution in [3.05, 3.63) is 29.8 Å². The molecule has 0 heterocycles. The zero-order chi connectivity index (χ0) is 11.5. The van der Waals surface area contributed by atoms with Gasteiger partial charge < -0.3 is 10.5 Å². The molecule has 0 saturated carbocycles. The SMILES string of the molecule is Bc1ccc(C(C)(N)C(=O)OCC)cc1. The van der Waals surface area contributed by atoms with E-state index in [1.165, 1.54) is 0 Å². The normalized spacial score (nSPS) is 14.3. The monoisotopic (exact) mass is 205 g/mol. The molecule has 0 saturated heterocycles. The van der Waals surface area contributed by atoms with E-state index in [1.54, 1.807) is 13.8 Å². The van der Waals surface area contributed by atoms with E-state index in [0.29, 0.717) is 6.61 Å². The summed E-state index contributed by atoms with van der Waals surface area (Å²) in [6.07, 6.45) is 0. The van der Waals surface area contributed by atoms with Gasteiger partial charge in [-0.05, 0) is 19.4 Å². The van der Waals surface area contributed by atoms with Gasteiger partial charge in [0.05, 0.1) is 6.61 Å². The number of carbonyl (C=O) groups excluding carboxylic acids is 1. The summed E-state index contributed by atoms with van der Waals surface area (Å²) >= 11 is 0. The Morgan fingerprint density at radius 1 is 1.47 bits per heavy atom. The molecule has 1 unspecified atom stereocenters. The van der Waals surface area contributed by atoms with Gasteiger partial charge in [0.1, 0.15) is 13.4 Å². The first-order valence-electron chi connectivity index (χ1n) is 5.01. The van der Waals surface area contributed by atoms with Crippen LogP contribution in [0, 0.1) is 0 Å². The molecule has 0 aliphatic carbocycles. The smallest absolute Gasteiger partial charge is 0.330 e. The molecule has 4 heteroatoms. The number of carbonyl (C=O) groups is 1. The van der Waals surface area contributed by atoms with E-state index in [-0.39, 0.29) is 0 Å². The van der Waals surface area contributed by atoms with E-state index in [0.717, 1.165) is 11.0 Å². The van der Waals surface area contributed by atoms with Gasteiger partial charge in [-0.2, -0.15) is 0 Å². The van der Waals surface area contributed by atoms with Crippen molar-refractivity contribution in [2.75, 3.05) is 6.61 Å². The summed E-state index contributed by atoms with van der Waals surface area (Å²) in [7, 11) is 1.99. The summed E-state index contributed by atoms with van der Waals surface area (Å²) in [6.45, 7) is 3.77. The van der Waals surface area contributed by atoms with Gasteiger partial charge in [-0.1, -0.05) is 29.7 Å². The molecule has 80 valence electrons. The standard InChI is InChI=1S/C11H16BNO2/c1-3-15-10(14)11(2,13)8-4-6-9(12)7-5-8/h4-7H,3,12-13H2,1-2H3. The number of esters is 1. The van der Waals surface area contributed by atoms with Crippen molar-refractivity contribution >= 4 is 19.3 Å². The van der Waals surface area contributed by atoms with Crippen LogP contribution < -0.4 is 11.2 Å². The summed E-state index contributed by atoms with van der Waals surface area (Å²) in [5.74, 6) is -0.395. The van der Waals surface area contributed by atoms with Gasteiger partial charge in [-0.15, -0.1) is 0 Å². The van der Waals surface area contributed by atoms with Gasteiger partial charge in [-0.3, -0.25) is 0 Å². The molecule has 1 rings (SSSR count). The Balaban J connectivity index is 2.94. The van der Waals surface area contributed by atoms with Gasteiger partial charge in [0, 0.05) is 0 Å². The number of hydrogen-bond donors (Lipinski definition) is 1. The second-order valence-electron chi connectivity index (χ2n) is 3.79. The predicted octanol–water partition coefficient (Wildman–Crippen LogP) is -0.318. The minimum absolute atomic E-state index is 0.345. The van der Waals surface area contributed by atoms with Crippen molar-refractivity contribution in [1.29, 1.82) is 0 Å². The van der Waals surface area contributed by atoms with E-state index in [2.05, 4.69) is 0 Å². The molecule has 3 nitrogen and oxygen atoms in total. The molecule has 0 aliphatic rings. The lowest BCUT2D eigenvalue weighted by Crippen LogP contribution is -2.43. The molecule has 1 aromatic rings. The fraction of sp³-hybridized carbons (Fsp3) is 0.364. The van der Waals surface area contributed by atoms with Gasteiger partial charge >= 0.3 is 5.97 Å². The summed E-state index contributed by atoms with van der Waals surface area (Å²) in [6, 6.07) is 7.57. The zero-order valence-corrected chi connectivity index (χ0v) is 9.41. The molecule has 0 bridgehead atoms. The Morgan fingerprint density at radius 3 is 2.47 bits per heavy atom. The second kappa shape index (κ2) is 4.49. The summed E-state index contributed by atoms with van der Waals surface area (Å²) in [5, 5.41) is 0. The molecule has 0 fully saturated rings. The molecule has 0 radical (unpaired) electrons. The van der Waals surface area contributed by atoms with Crippen LogP contribution in [-0.4, -0.2) is 20.4 Å². The maximum atomic E-state index is 11.6. The molecule has 1 atom stereocenters. The lowest BCUT2D eigenvalue weighted by atomic mass is 9.89. The van der Waals surface area contributed by atoms with Crippen molar-refractivity contribution in [2.45, 2.75) is 19.4 Å². The maximum Gasteiger partial charge on any atom is 0.330 e. The van der Waals surface area contributed by atoms with Gasteiger partial charge in [0.2, 0.25) is 0 Å². The highest BCUT2D eigenvalue weighted by molar-refractivity contribution is 6.32. The van der Waals surface area contributed by atoms with Gasteiger partial charge in [0.25, 0.3) is 0 Å². The molecule has 1 aromatic carbocycles. The van der Waals surface area contributed by atoms with Crippen LogP contribution in [0.3, 0.4) is 0 Å². The predicted molar refractivity (Wildman–Crippen MR) is 62.8 cm³/mol. The molecule has 2 N–H and O–H groups in total. The number of nitrogens with two attached hydrogens (primary N) is 1. The molecule has 0 aliphatic heterocycles. The average molecular weight is 205 g/mol. The first-order chi connectivity index (χ1) is 6.98. The molecule has 0 amide bonds. The molecule has 0 aromatic heterocycles. The van der Waals surface area contributed by atoms with Crippen molar-refractivity contribution in [2.24, 2.45) is 5.73 Å². The Labute approximate surface area is 91.0 Å². The number of benzene rings is 1. The summed E-state index contributed by atoms with van der Waals surface area (Å²) < 4.78 is 4.93. The fourth-order valence-corrected chi connectivity index (χ4v) is 1.30. The molecular formula is C11H16BNO2. The summed E-state index contributed by atoms with van der Waals surface area (Å²) in [4.78, 5) is 11.6. The van der Waals surface area contributed by atoms with E-state index in [4.69, 9.17) is 10.5 Å². The van der Waals surface area contributed by atoms with Crippen LogP contribution in [0.1, 0.15) is 19.4 Å². The van der Waals surface area contributed by atoms with Crippen LogP contribution in [0.4, 0.5) is 0 Å². The van der Waals surface area contributed by atoms with Gasteiger partial charge in [-0.25, -0.2) is 4.79 Å². The number of ether oxygens (including phenoxy) is 1. The second-order valence-corrected chi connectivity index (χ2v) is 3.79. The first-order valence-corrected chi connectivity index (χ1v) is 5.01.